The lowest BCUT2D eigenvalue weighted by Crippen LogP contribution is -1.85. The summed E-state index contributed by atoms with van der Waals surface area (Å²) in [6.45, 7) is 6.04. The van der Waals surface area contributed by atoms with Gasteiger partial charge in [0.25, 0.3) is 0 Å². The maximum absolute atomic E-state index is 4.98. The molecule has 2 heteroatoms. The fourth-order valence-electron chi connectivity index (χ4n) is 0.836. The van der Waals surface area contributed by atoms with Gasteiger partial charge in [-0.05, 0) is 12.5 Å². The predicted octanol–water partition coefficient (Wildman–Crippen LogP) is 2.31. The fraction of sp³-hybridized carbons (Fsp3) is 0.300. The first-order chi connectivity index (χ1) is 5.83. The van der Waals surface area contributed by atoms with Crippen LogP contribution in [-0.2, 0) is 0 Å². The minimum Gasteiger partial charge on any atom is -0.323 e. The molecule has 2 N–H and O–H groups in total. The minimum absolute atomic E-state index is 1.04. The lowest BCUT2D eigenvalue weighted by Gasteiger charge is -1.92. The number of aryl methyl sites for hydroxylation is 1. The molecule has 0 fully saturated rings. The van der Waals surface area contributed by atoms with Crippen molar-refractivity contribution in [3.63, 3.8) is 0 Å². The zero-order chi connectivity index (χ0) is 9.40. The summed E-state index contributed by atoms with van der Waals surface area (Å²) in [5.74, 6) is 4.98. The Balaban J connectivity index is 0.000000561. The van der Waals surface area contributed by atoms with E-state index < -0.39 is 0 Å². The van der Waals surface area contributed by atoms with Crippen LogP contribution in [0.4, 0.5) is 0 Å². The Labute approximate surface area is 74.1 Å². The maximum atomic E-state index is 4.98. The van der Waals surface area contributed by atoms with Crippen molar-refractivity contribution in [2.75, 3.05) is 0 Å². The molecule has 0 aromatic heterocycles. The van der Waals surface area contributed by atoms with Crippen LogP contribution in [0.3, 0.4) is 0 Å². The van der Waals surface area contributed by atoms with Crippen LogP contribution in [0, 0.1) is 6.92 Å². The molecular weight excluding hydrogens is 148 g/mol. The lowest BCUT2D eigenvalue weighted by atomic mass is 10.2. The van der Waals surface area contributed by atoms with Crippen molar-refractivity contribution in [1.82, 2.24) is 0 Å². The molecule has 0 aliphatic carbocycles. The number of hydrazone groups is 1. The molecule has 1 rings (SSSR count). The molecule has 1 aromatic rings. The van der Waals surface area contributed by atoms with Gasteiger partial charge in [0, 0.05) is 0 Å². The normalized spacial score (nSPS) is 9.25. The van der Waals surface area contributed by atoms with Crippen LogP contribution in [-0.4, -0.2) is 6.21 Å². The van der Waals surface area contributed by atoms with Gasteiger partial charge in [-0.3, -0.25) is 0 Å². The fourth-order valence-corrected chi connectivity index (χ4v) is 0.836. The van der Waals surface area contributed by atoms with Crippen LogP contribution in [0.15, 0.2) is 29.4 Å². The van der Waals surface area contributed by atoms with Crippen LogP contribution in [0.1, 0.15) is 25.0 Å². The van der Waals surface area contributed by atoms with Gasteiger partial charge < -0.3 is 5.84 Å². The van der Waals surface area contributed by atoms with Gasteiger partial charge in [-0.1, -0.05) is 43.7 Å². The first-order valence-corrected chi connectivity index (χ1v) is 4.13. The van der Waals surface area contributed by atoms with E-state index in [4.69, 9.17) is 5.84 Å². The summed E-state index contributed by atoms with van der Waals surface area (Å²) in [6.07, 6.45) is 1.63. The van der Waals surface area contributed by atoms with E-state index in [1.54, 1.807) is 6.21 Å². The van der Waals surface area contributed by atoms with Crippen molar-refractivity contribution < 1.29 is 0 Å². The van der Waals surface area contributed by atoms with Crippen LogP contribution >= 0.6 is 0 Å². The van der Waals surface area contributed by atoms with E-state index in [2.05, 4.69) is 5.10 Å². The highest BCUT2D eigenvalue weighted by molar-refractivity contribution is 5.79. The van der Waals surface area contributed by atoms with E-state index in [0.717, 1.165) is 5.56 Å². The molecule has 0 atom stereocenters. The van der Waals surface area contributed by atoms with E-state index in [1.807, 2.05) is 45.0 Å². The molecule has 12 heavy (non-hydrogen) atoms. The van der Waals surface area contributed by atoms with Crippen molar-refractivity contribution >= 4 is 6.21 Å². The van der Waals surface area contributed by atoms with Crippen LogP contribution in [0.25, 0.3) is 0 Å². The van der Waals surface area contributed by atoms with Crippen molar-refractivity contribution in [2.24, 2.45) is 10.9 Å². The number of nitrogens with two attached hydrogens (primary N) is 1. The van der Waals surface area contributed by atoms with E-state index >= 15 is 0 Å². The molecule has 0 bridgehead atoms. The van der Waals surface area contributed by atoms with Gasteiger partial charge in [0.1, 0.15) is 0 Å². The molecule has 0 radical (unpaired) electrons. The Hall–Kier alpha value is -1.31. The van der Waals surface area contributed by atoms with E-state index in [1.165, 1.54) is 5.56 Å². The monoisotopic (exact) mass is 164 g/mol. The molecule has 0 aliphatic rings. The average Bonchev–Trinajstić information content (AvgIpc) is 2.09. The van der Waals surface area contributed by atoms with Gasteiger partial charge in [0.05, 0.1) is 6.21 Å². The third-order valence-electron chi connectivity index (χ3n) is 1.27. The van der Waals surface area contributed by atoms with E-state index in [9.17, 15) is 0 Å². The second-order valence-electron chi connectivity index (χ2n) is 2.19. The maximum Gasteiger partial charge on any atom is 0.0538 e. The predicted molar refractivity (Wildman–Crippen MR) is 54.3 cm³/mol. The quantitative estimate of drug-likeness (QED) is 0.386. The second-order valence-corrected chi connectivity index (χ2v) is 2.19. The summed E-state index contributed by atoms with van der Waals surface area (Å²) in [7, 11) is 0. The summed E-state index contributed by atoms with van der Waals surface area (Å²) in [5.41, 5.74) is 2.26. The highest BCUT2D eigenvalue weighted by Gasteiger charge is 1.85. The summed E-state index contributed by atoms with van der Waals surface area (Å²) in [5, 5.41) is 3.42. The largest absolute Gasteiger partial charge is 0.323 e. The number of benzene rings is 1. The zero-order valence-electron chi connectivity index (χ0n) is 7.91. The van der Waals surface area contributed by atoms with E-state index in [-0.39, 0.29) is 0 Å². The molecule has 2 nitrogen and oxygen atoms in total. The molecule has 0 spiro atoms. The molecule has 0 saturated carbocycles. The molecule has 0 aliphatic heterocycles. The highest BCUT2D eigenvalue weighted by Crippen LogP contribution is 1.99. The SMILES string of the molecule is CC.Cc1cccc(/C=N\N)c1. The average molecular weight is 164 g/mol. The summed E-state index contributed by atoms with van der Waals surface area (Å²) in [4.78, 5) is 0. The Morgan fingerprint density at radius 2 is 2.00 bits per heavy atom. The van der Waals surface area contributed by atoms with Gasteiger partial charge in [-0.2, -0.15) is 5.10 Å². The van der Waals surface area contributed by atoms with Crippen molar-refractivity contribution in [1.29, 1.82) is 0 Å². The first-order valence-electron chi connectivity index (χ1n) is 4.13. The van der Waals surface area contributed by atoms with Gasteiger partial charge in [0.2, 0.25) is 0 Å². The van der Waals surface area contributed by atoms with Gasteiger partial charge in [0.15, 0.2) is 0 Å². The number of hydrogen-bond acceptors (Lipinski definition) is 2. The molecule has 0 amide bonds. The third kappa shape index (κ3) is 3.76. The molecular formula is C10H16N2. The Bertz CT molecular complexity index is 241. The van der Waals surface area contributed by atoms with Crippen molar-refractivity contribution in [3.8, 4) is 0 Å². The first kappa shape index (κ1) is 10.7. The highest BCUT2D eigenvalue weighted by atomic mass is 15.1. The number of hydrogen-bond donors (Lipinski definition) is 1. The summed E-state index contributed by atoms with van der Waals surface area (Å²) < 4.78 is 0. The minimum atomic E-state index is 1.04. The molecule has 1 aromatic carbocycles. The number of rotatable bonds is 1. The van der Waals surface area contributed by atoms with Crippen LogP contribution in [0.5, 0.6) is 0 Å². The van der Waals surface area contributed by atoms with Gasteiger partial charge >= 0.3 is 0 Å². The molecule has 0 heterocycles. The van der Waals surface area contributed by atoms with Crippen LogP contribution < -0.4 is 5.84 Å². The van der Waals surface area contributed by atoms with E-state index in [0.29, 0.717) is 0 Å². The van der Waals surface area contributed by atoms with Gasteiger partial charge in [-0.15, -0.1) is 0 Å². The lowest BCUT2D eigenvalue weighted by molar-refractivity contribution is 1.26. The topological polar surface area (TPSA) is 38.4 Å². The molecule has 0 unspecified atom stereocenters. The smallest absolute Gasteiger partial charge is 0.0538 e. The van der Waals surface area contributed by atoms with Crippen molar-refractivity contribution in [2.45, 2.75) is 20.8 Å². The van der Waals surface area contributed by atoms with Crippen LogP contribution in [0.2, 0.25) is 0 Å². The Morgan fingerprint density at radius 1 is 1.33 bits per heavy atom. The number of nitrogens with zero attached hydrogens (tertiary/aromatic N) is 1. The zero-order valence-corrected chi connectivity index (χ0v) is 7.91. The Morgan fingerprint density at radius 3 is 2.50 bits per heavy atom. The summed E-state index contributed by atoms with van der Waals surface area (Å²) >= 11 is 0. The standard InChI is InChI=1S/C8H10N2.C2H6/c1-7-3-2-4-8(5-7)6-10-9;1-2/h2-6H,9H2,1H3;1-2H3/b10-6-;. The molecule has 0 saturated heterocycles. The second kappa shape index (κ2) is 6.40. The molecule has 66 valence electrons. The van der Waals surface area contributed by atoms with Crippen molar-refractivity contribution in [3.05, 3.63) is 35.4 Å². The third-order valence-corrected chi connectivity index (χ3v) is 1.27. The summed E-state index contributed by atoms with van der Waals surface area (Å²) in [6, 6.07) is 8.00. The van der Waals surface area contributed by atoms with Gasteiger partial charge in [-0.25, -0.2) is 0 Å². The Kier molecular flexibility index (Phi) is 5.70.